The zero-order valence-corrected chi connectivity index (χ0v) is 13.8. The summed E-state index contributed by atoms with van der Waals surface area (Å²) in [7, 11) is 0. The highest BCUT2D eigenvalue weighted by Gasteiger charge is 2.12. The molecule has 0 amide bonds. The summed E-state index contributed by atoms with van der Waals surface area (Å²) in [6.45, 7) is 0. The van der Waals surface area contributed by atoms with E-state index < -0.39 is 0 Å². The molecule has 0 saturated heterocycles. The molecule has 0 aliphatic heterocycles. The van der Waals surface area contributed by atoms with Gasteiger partial charge in [-0.2, -0.15) is 0 Å². The molecule has 4 heteroatoms. The van der Waals surface area contributed by atoms with Crippen LogP contribution in [0.2, 0.25) is 5.02 Å². The lowest BCUT2D eigenvalue weighted by molar-refractivity contribution is 0.581. The molecule has 0 spiro atoms. The molecule has 2 aromatic rings. The third kappa shape index (κ3) is 4.47. The van der Waals surface area contributed by atoms with Crippen LogP contribution in [0.15, 0.2) is 46.9 Å². The van der Waals surface area contributed by atoms with Gasteiger partial charge in [-0.3, -0.25) is 0 Å². The zero-order valence-electron chi connectivity index (χ0n) is 10.8. The van der Waals surface area contributed by atoms with Gasteiger partial charge < -0.3 is 0 Å². The van der Waals surface area contributed by atoms with Gasteiger partial charge in [-0.15, -0.1) is 11.6 Å². The molecule has 0 aliphatic rings. The molecule has 0 aliphatic carbocycles. The van der Waals surface area contributed by atoms with Crippen molar-refractivity contribution in [1.82, 2.24) is 0 Å². The highest BCUT2D eigenvalue weighted by Crippen LogP contribution is 2.23. The minimum absolute atomic E-state index is 0.279. The highest BCUT2D eigenvalue weighted by molar-refractivity contribution is 9.10. The fourth-order valence-corrected chi connectivity index (χ4v) is 2.86. The predicted octanol–water partition coefficient (Wildman–Crippen LogP) is 5.88. The average molecular weight is 376 g/mol. The van der Waals surface area contributed by atoms with Crippen LogP contribution in [-0.2, 0) is 12.8 Å². The summed E-state index contributed by atoms with van der Waals surface area (Å²) in [6.07, 6.45) is 1.63. The molecule has 2 rings (SSSR count). The molecular formula is C16H14BrCl2F. The molecule has 0 fully saturated rings. The Kier molecular flexibility index (Phi) is 5.88. The minimum atomic E-state index is -0.311. The second kappa shape index (κ2) is 7.44. The number of benzene rings is 2. The van der Waals surface area contributed by atoms with Crippen molar-refractivity contribution in [1.29, 1.82) is 0 Å². The van der Waals surface area contributed by atoms with Crippen molar-refractivity contribution < 1.29 is 4.39 Å². The van der Waals surface area contributed by atoms with Crippen LogP contribution >= 0.6 is 39.1 Å². The van der Waals surface area contributed by atoms with Crippen molar-refractivity contribution in [3.63, 3.8) is 0 Å². The van der Waals surface area contributed by atoms with Crippen molar-refractivity contribution in [2.45, 2.75) is 12.8 Å². The molecule has 20 heavy (non-hydrogen) atoms. The van der Waals surface area contributed by atoms with E-state index in [-0.39, 0.29) is 11.7 Å². The smallest absolute Gasteiger partial charge is 0.124 e. The lowest BCUT2D eigenvalue weighted by Crippen LogP contribution is -2.10. The Bertz CT molecular complexity index is 569. The number of hydrogen-bond donors (Lipinski definition) is 0. The van der Waals surface area contributed by atoms with E-state index in [2.05, 4.69) is 28.1 Å². The van der Waals surface area contributed by atoms with Gasteiger partial charge in [-0.1, -0.05) is 45.7 Å². The monoisotopic (exact) mass is 374 g/mol. The van der Waals surface area contributed by atoms with Crippen LogP contribution in [0, 0.1) is 11.7 Å². The first-order chi connectivity index (χ1) is 9.58. The Morgan fingerprint density at radius 3 is 2.35 bits per heavy atom. The average Bonchev–Trinajstić information content (AvgIpc) is 2.43. The first kappa shape index (κ1) is 15.8. The van der Waals surface area contributed by atoms with Gasteiger partial charge in [0.15, 0.2) is 0 Å². The molecule has 0 radical (unpaired) electrons. The zero-order chi connectivity index (χ0) is 14.5. The predicted molar refractivity (Wildman–Crippen MR) is 87.2 cm³/mol. The molecule has 0 saturated carbocycles. The topological polar surface area (TPSA) is 0 Å². The van der Waals surface area contributed by atoms with E-state index in [1.165, 1.54) is 17.7 Å². The van der Waals surface area contributed by atoms with Crippen LogP contribution in [0.4, 0.5) is 4.39 Å². The summed E-state index contributed by atoms with van der Waals surface area (Å²) in [5, 5.41) is 0.468. The van der Waals surface area contributed by atoms with E-state index in [1.807, 2.05) is 12.1 Å². The standard InChI is InChI=1S/C16H14BrCl2F/c17-14-4-1-11(2-5-14)7-12(10-18)8-13-3-6-15(20)9-16(13)19/h1-6,9,12H,7-8,10H2. The van der Waals surface area contributed by atoms with Crippen molar-refractivity contribution >= 4 is 39.1 Å². The molecule has 2 aromatic carbocycles. The minimum Gasteiger partial charge on any atom is -0.207 e. The molecule has 1 unspecified atom stereocenters. The van der Waals surface area contributed by atoms with Crippen molar-refractivity contribution in [3.05, 3.63) is 68.9 Å². The van der Waals surface area contributed by atoms with Crippen LogP contribution in [-0.4, -0.2) is 5.88 Å². The van der Waals surface area contributed by atoms with Crippen LogP contribution in [0.5, 0.6) is 0 Å². The van der Waals surface area contributed by atoms with E-state index in [4.69, 9.17) is 23.2 Å². The number of hydrogen-bond acceptors (Lipinski definition) is 0. The maximum absolute atomic E-state index is 13.0. The quantitative estimate of drug-likeness (QED) is 0.572. The normalized spacial score (nSPS) is 12.4. The lowest BCUT2D eigenvalue weighted by atomic mass is 9.94. The highest BCUT2D eigenvalue weighted by atomic mass is 79.9. The van der Waals surface area contributed by atoms with Gasteiger partial charge in [0.05, 0.1) is 0 Å². The number of halogens is 4. The Morgan fingerprint density at radius 1 is 1.05 bits per heavy atom. The SMILES string of the molecule is Fc1ccc(CC(CCl)Cc2ccc(Br)cc2)c(Cl)c1. The van der Waals surface area contributed by atoms with E-state index >= 15 is 0 Å². The molecule has 0 bridgehead atoms. The molecule has 0 aromatic heterocycles. The van der Waals surface area contributed by atoms with E-state index in [9.17, 15) is 4.39 Å². The van der Waals surface area contributed by atoms with E-state index in [1.54, 1.807) is 6.07 Å². The first-order valence-electron chi connectivity index (χ1n) is 6.33. The van der Waals surface area contributed by atoms with Gasteiger partial charge in [0.1, 0.15) is 5.82 Å². The number of rotatable bonds is 5. The Balaban J connectivity index is 2.07. The Morgan fingerprint density at radius 2 is 1.75 bits per heavy atom. The van der Waals surface area contributed by atoms with Gasteiger partial charge in [0, 0.05) is 15.4 Å². The fraction of sp³-hybridized carbons (Fsp3) is 0.250. The summed E-state index contributed by atoms with van der Waals surface area (Å²) in [5.41, 5.74) is 2.17. The Hall–Kier alpha value is -0.570. The molecule has 0 heterocycles. The van der Waals surface area contributed by atoms with Gasteiger partial charge in [0.2, 0.25) is 0 Å². The van der Waals surface area contributed by atoms with E-state index in [0.29, 0.717) is 10.9 Å². The summed E-state index contributed by atoms with van der Waals surface area (Å²) in [4.78, 5) is 0. The van der Waals surface area contributed by atoms with Gasteiger partial charge in [-0.05, 0) is 54.2 Å². The molecule has 106 valence electrons. The Labute approximate surface area is 137 Å². The third-order valence-electron chi connectivity index (χ3n) is 3.18. The molecule has 0 nitrogen and oxygen atoms in total. The maximum Gasteiger partial charge on any atom is 0.124 e. The van der Waals surface area contributed by atoms with Crippen molar-refractivity contribution in [2.75, 3.05) is 5.88 Å². The largest absolute Gasteiger partial charge is 0.207 e. The molecular weight excluding hydrogens is 362 g/mol. The van der Waals surface area contributed by atoms with Crippen LogP contribution < -0.4 is 0 Å². The lowest BCUT2D eigenvalue weighted by Gasteiger charge is -2.15. The second-order valence-corrected chi connectivity index (χ2v) is 6.42. The van der Waals surface area contributed by atoms with Gasteiger partial charge in [0.25, 0.3) is 0 Å². The second-order valence-electron chi connectivity index (χ2n) is 4.79. The third-order valence-corrected chi connectivity index (χ3v) is 4.50. The molecule has 0 N–H and O–H groups in total. The first-order valence-corrected chi connectivity index (χ1v) is 8.03. The van der Waals surface area contributed by atoms with Gasteiger partial charge >= 0.3 is 0 Å². The van der Waals surface area contributed by atoms with Crippen molar-refractivity contribution in [3.8, 4) is 0 Å². The fourth-order valence-electron chi connectivity index (χ4n) is 2.13. The van der Waals surface area contributed by atoms with Crippen LogP contribution in [0.3, 0.4) is 0 Å². The van der Waals surface area contributed by atoms with Gasteiger partial charge in [-0.25, -0.2) is 4.39 Å². The maximum atomic E-state index is 13.0. The van der Waals surface area contributed by atoms with Crippen LogP contribution in [0.1, 0.15) is 11.1 Å². The van der Waals surface area contributed by atoms with Crippen molar-refractivity contribution in [2.24, 2.45) is 5.92 Å². The van der Waals surface area contributed by atoms with E-state index in [0.717, 1.165) is 22.9 Å². The summed E-state index contributed by atoms with van der Waals surface area (Å²) in [5.74, 6) is 0.513. The summed E-state index contributed by atoms with van der Waals surface area (Å²) < 4.78 is 14.1. The summed E-state index contributed by atoms with van der Waals surface area (Å²) in [6, 6.07) is 12.7. The molecule has 1 atom stereocenters. The van der Waals surface area contributed by atoms with Crippen LogP contribution in [0.25, 0.3) is 0 Å². The number of alkyl halides is 1. The summed E-state index contributed by atoms with van der Waals surface area (Å²) >= 11 is 15.5.